The summed E-state index contributed by atoms with van der Waals surface area (Å²) in [6, 6.07) is 14.4. The first-order valence-electron chi connectivity index (χ1n) is 13.7. The molecular formula is C29H39N3O8S. The summed E-state index contributed by atoms with van der Waals surface area (Å²) >= 11 is 0. The molecule has 2 amide bonds. The van der Waals surface area contributed by atoms with Crippen molar-refractivity contribution in [3.63, 3.8) is 0 Å². The molecule has 1 heterocycles. The minimum Gasteiger partial charge on any atom is -0.497 e. The predicted molar refractivity (Wildman–Crippen MR) is 151 cm³/mol. The number of ether oxygens (including phenoxy) is 3. The number of likely N-dealkylation sites (N-methyl/N-ethyl adjacent to an activating group) is 1. The SMILES string of the molecule is COc1ccc(S(=O)(=O)N(CC(C)C)C[C@@H](O)[C@H](Cc2ccccc2)NC(=O)O[C@H]2C[C@H]3OC(=O)N(C)[C@H]3C2)cc1. The number of nitrogens with one attached hydrogen (secondary N) is 1. The molecule has 41 heavy (non-hydrogen) atoms. The quantitative estimate of drug-likeness (QED) is 0.386. The second-order valence-electron chi connectivity index (χ2n) is 11.0. The van der Waals surface area contributed by atoms with Gasteiger partial charge >= 0.3 is 12.2 Å². The van der Waals surface area contributed by atoms with E-state index in [0.717, 1.165) is 5.56 Å². The van der Waals surface area contributed by atoms with Crippen molar-refractivity contribution in [2.45, 2.75) is 68.4 Å². The number of hydrogen-bond acceptors (Lipinski definition) is 8. The van der Waals surface area contributed by atoms with Crippen molar-refractivity contribution in [1.82, 2.24) is 14.5 Å². The molecule has 0 unspecified atom stereocenters. The van der Waals surface area contributed by atoms with Crippen LogP contribution in [0, 0.1) is 5.92 Å². The van der Waals surface area contributed by atoms with Crippen LogP contribution in [-0.2, 0) is 25.9 Å². The zero-order valence-corrected chi connectivity index (χ0v) is 24.6. The molecular weight excluding hydrogens is 550 g/mol. The van der Waals surface area contributed by atoms with Crippen LogP contribution in [0.15, 0.2) is 59.5 Å². The van der Waals surface area contributed by atoms with E-state index < -0.39 is 34.4 Å². The molecule has 0 spiro atoms. The van der Waals surface area contributed by atoms with Crippen molar-refractivity contribution in [3.8, 4) is 5.75 Å². The van der Waals surface area contributed by atoms with Crippen LogP contribution in [0.2, 0.25) is 0 Å². The zero-order valence-electron chi connectivity index (χ0n) is 23.8. The van der Waals surface area contributed by atoms with Gasteiger partial charge in [-0.1, -0.05) is 44.2 Å². The molecule has 0 radical (unpaired) electrons. The number of hydrogen-bond donors (Lipinski definition) is 2. The summed E-state index contributed by atoms with van der Waals surface area (Å²) < 4.78 is 44.6. The highest BCUT2D eigenvalue weighted by molar-refractivity contribution is 7.89. The van der Waals surface area contributed by atoms with Gasteiger partial charge in [-0.25, -0.2) is 18.0 Å². The van der Waals surface area contributed by atoms with Crippen molar-refractivity contribution in [2.75, 3.05) is 27.2 Å². The lowest BCUT2D eigenvalue weighted by molar-refractivity contribution is 0.0624. The van der Waals surface area contributed by atoms with E-state index in [-0.39, 0.29) is 48.6 Å². The highest BCUT2D eigenvalue weighted by Crippen LogP contribution is 2.34. The molecule has 12 heteroatoms. The Kier molecular flexibility index (Phi) is 9.77. The van der Waals surface area contributed by atoms with E-state index in [4.69, 9.17) is 14.2 Å². The van der Waals surface area contributed by atoms with Crippen LogP contribution in [0.5, 0.6) is 5.75 Å². The summed E-state index contributed by atoms with van der Waals surface area (Å²) in [7, 11) is -0.802. The van der Waals surface area contributed by atoms with Gasteiger partial charge in [0.15, 0.2) is 0 Å². The van der Waals surface area contributed by atoms with Crippen molar-refractivity contribution in [3.05, 3.63) is 60.2 Å². The lowest BCUT2D eigenvalue weighted by Crippen LogP contribution is -2.51. The van der Waals surface area contributed by atoms with Crippen LogP contribution in [0.25, 0.3) is 0 Å². The number of benzene rings is 2. The number of aliphatic hydroxyl groups is 1. The topological polar surface area (TPSA) is 135 Å². The minimum atomic E-state index is -3.96. The largest absolute Gasteiger partial charge is 0.497 e. The number of sulfonamides is 1. The number of fused-ring (bicyclic) bond motifs is 1. The maximum atomic E-state index is 13.6. The highest BCUT2D eigenvalue weighted by atomic mass is 32.2. The summed E-state index contributed by atoms with van der Waals surface area (Å²) in [5, 5.41) is 14.2. The highest BCUT2D eigenvalue weighted by Gasteiger charge is 2.48. The lowest BCUT2D eigenvalue weighted by atomic mass is 10.0. The van der Waals surface area contributed by atoms with Crippen LogP contribution < -0.4 is 10.1 Å². The monoisotopic (exact) mass is 589 g/mol. The molecule has 224 valence electrons. The van der Waals surface area contributed by atoms with Gasteiger partial charge in [-0.15, -0.1) is 0 Å². The fourth-order valence-corrected chi connectivity index (χ4v) is 6.93. The average molecular weight is 590 g/mol. The van der Waals surface area contributed by atoms with Crippen LogP contribution in [0.4, 0.5) is 9.59 Å². The number of rotatable bonds is 12. The fourth-order valence-electron chi connectivity index (χ4n) is 5.31. The molecule has 2 aromatic carbocycles. The minimum absolute atomic E-state index is 0.0187. The Labute approximate surface area is 241 Å². The third-order valence-corrected chi connectivity index (χ3v) is 9.31. The number of carbonyl (C=O) groups is 2. The Morgan fingerprint density at radius 2 is 1.80 bits per heavy atom. The summed E-state index contributed by atoms with van der Waals surface area (Å²) in [5.41, 5.74) is 0.856. The number of amides is 2. The number of nitrogens with zero attached hydrogens (tertiary/aromatic N) is 2. The predicted octanol–water partition coefficient (Wildman–Crippen LogP) is 3.02. The lowest BCUT2D eigenvalue weighted by Gasteiger charge is -2.31. The van der Waals surface area contributed by atoms with Crippen LogP contribution in [0.3, 0.4) is 0 Å². The Bertz CT molecular complexity index is 1290. The van der Waals surface area contributed by atoms with Gasteiger partial charge < -0.3 is 29.5 Å². The van der Waals surface area contributed by atoms with Gasteiger partial charge in [-0.3, -0.25) is 0 Å². The molecule has 2 N–H and O–H groups in total. The Morgan fingerprint density at radius 1 is 1.12 bits per heavy atom. The average Bonchev–Trinajstić information content (AvgIpc) is 3.44. The van der Waals surface area contributed by atoms with Gasteiger partial charge in [0, 0.05) is 33.0 Å². The number of carbonyl (C=O) groups excluding carboxylic acids is 2. The van der Waals surface area contributed by atoms with Gasteiger partial charge in [0.25, 0.3) is 0 Å². The van der Waals surface area contributed by atoms with Gasteiger partial charge in [0.1, 0.15) is 18.0 Å². The summed E-state index contributed by atoms with van der Waals surface area (Å²) in [6.45, 7) is 3.72. The standard InChI is InChI=1S/C29H39N3O8S/c1-19(2)17-32(41(36,37)23-12-10-21(38-4)11-13-23)18-26(33)24(14-20-8-6-5-7-9-20)30-28(34)39-22-15-25-27(16-22)40-29(35)31(25)3/h5-13,19,22,24-27,33H,14-18H2,1-4H3,(H,30,34)/t22-,24+,25+,26-,27-/m1/s1. The molecule has 11 nitrogen and oxygen atoms in total. The number of methoxy groups -OCH3 is 1. The summed E-state index contributed by atoms with van der Waals surface area (Å²) in [6.07, 6.45) is -2.04. The van der Waals surface area contributed by atoms with Crippen LogP contribution in [0.1, 0.15) is 32.3 Å². The first-order valence-corrected chi connectivity index (χ1v) is 15.2. The molecule has 2 aliphatic rings. The van der Waals surface area contributed by atoms with E-state index in [9.17, 15) is 23.1 Å². The normalized spacial score (nSPS) is 21.9. The van der Waals surface area contributed by atoms with Crippen LogP contribution >= 0.6 is 0 Å². The number of alkyl carbamates (subject to hydrolysis) is 1. The van der Waals surface area contributed by atoms with E-state index in [2.05, 4.69) is 5.32 Å². The molecule has 5 atom stereocenters. The van der Waals surface area contributed by atoms with Gasteiger partial charge in [-0.05, 0) is 42.2 Å². The Morgan fingerprint density at radius 3 is 2.41 bits per heavy atom. The molecule has 2 fully saturated rings. The molecule has 0 aromatic heterocycles. The summed E-state index contributed by atoms with van der Waals surface area (Å²) in [4.78, 5) is 26.4. The van der Waals surface area contributed by atoms with E-state index in [1.54, 1.807) is 19.2 Å². The fraction of sp³-hybridized carbons (Fsp3) is 0.517. The van der Waals surface area contributed by atoms with Gasteiger partial charge in [0.05, 0.1) is 30.2 Å². The van der Waals surface area contributed by atoms with E-state index in [0.29, 0.717) is 18.6 Å². The Hall–Kier alpha value is -3.35. The third kappa shape index (κ3) is 7.49. The molecule has 2 aromatic rings. The van der Waals surface area contributed by atoms with E-state index >= 15 is 0 Å². The van der Waals surface area contributed by atoms with Crippen molar-refractivity contribution in [2.24, 2.45) is 5.92 Å². The molecule has 1 aliphatic carbocycles. The molecule has 1 saturated carbocycles. The molecule has 1 aliphatic heterocycles. The van der Waals surface area contributed by atoms with Crippen molar-refractivity contribution >= 4 is 22.2 Å². The zero-order chi connectivity index (χ0) is 29.7. The van der Waals surface area contributed by atoms with E-state index in [1.165, 1.54) is 28.4 Å². The first kappa shape index (κ1) is 30.6. The maximum Gasteiger partial charge on any atom is 0.410 e. The maximum absolute atomic E-state index is 13.6. The smallest absolute Gasteiger partial charge is 0.410 e. The molecule has 1 saturated heterocycles. The second-order valence-corrected chi connectivity index (χ2v) is 12.9. The van der Waals surface area contributed by atoms with Gasteiger partial charge in [0.2, 0.25) is 10.0 Å². The van der Waals surface area contributed by atoms with Crippen molar-refractivity contribution < 1.29 is 37.3 Å². The molecule has 4 rings (SSSR count). The third-order valence-electron chi connectivity index (χ3n) is 7.46. The van der Waals surface area contributed by atoms with Crippen LogP contribution in [-0.4, -0.2) is 92.6 Å². The van der Waals surface area contributed by atoms with Gasteiger partial charge in [-0.2, -0.15) is 4.31 Å². The van der Waals surface area contributed by atoms with Crippen molar-refractivity contribution in [1.29, 1.82) is 0 Å². The second kappa shape index (κ2) is 13.1. The summed E-state index contributed by atoms with van der Waals surface area (Å²) in [5.74, 6) is 0.510. The number of aliphatic hydroxyl groups excluding tert-OH is 1. The van der Waals surface area contributed by atoms with E-state index in [1.807, 2.05) is 44.2 Å². The molecule has 0 bridgehead atoms. The first-order chi connectivity index (χ1) is 19.5. The Balaban J connectivity index is 1.49.